The van der Waals surface area contributed by atoms with Crippen molar-refractivity contribution < 1.29 is 10.2 Å². The second-order valence-corrected chi connectivity index (χ2v) is 5.01. The van der Waals surface area contributed by atoms with Crippen molar-refractivity contribution in [2.75, 3.05) is 18.0 Å². The van der Waals surface area contributed by atoms with E-state index >= 15 is 0 Å². The summed E-state index contributed by atoms with van der Waals surface area (Å²) in [5.74, 6) is 0. The van der Waals surface area contributed by atoms with Gasteiger partial charge in [-0.05, 0) is 12.8 Å². The third kappa shape index (κ3) is 2.42. The zero-order valence-electron chi connectivity index (χ0n) is 8.19. The Hall–Kier alpha value is -0.360. The predicted octanol–water partition coefficient (Wildman–Crippen LogP) is 1.25. The number of aliphatic hydroxyl groups excluding tert-OH is 2. The summed E-state index contributed by atoms with van der Waals surface area (Å²) >= 11 is 7.27. The SMILES string of the molecule is OCc1sc(N2CCC(O)CC2)nc1Cl. The summed E-state index contributed by atoms with van der Waals surface area (Å²) in [6.07, 6.45) is 1.35. The first kappa shape index (κ1) is 11.1. The molecule has 0 aromatic carbocycles. The average Bonchev–Trinajstić information content (AvgIpc) is 2.61. The highest BCUT2D eigenvalue weighted by Crippen LogP contribution is 2.31. The molecule has 2 heterocycles. The molecule has 6 heteroatoms. The minimum Gasteiger partial charge on any atom is -0.393 e. The van der Waals surface area contributed by atoms with E-state index in [1.807, 2.05) is 0 Å². The Bertz CT molecular complexity index is 337. The van der Waals surface area contributed by atoms with Crippen molar-refractivity contribution in [1.82, 2.24) is 4.98 Å². The van der Waals surface area contributed by atoms with E-state index in [0.717, 1.165) is 31.1 Å². The maximum Gasteiger partial charge on any atom is 0.187 e. The molecule has 0 amide bonds. The molecule has 0 unspecified atom stereocenters. The van der Waals surface area contributed by atoms with E-state index in [9.17, 15) is 5.11 Å². The third-order valence-corrected chi connectivity index (χ3v) is 4.04. The van der Waals surface area contributed by atoms with Crippen molar-refractivity contribution >= 4 is 28.1 Å². The Morgan fingerprint density at radius 1 is 1.47 bits per heavy atom. The fourth-order valence-corrected chi connectivity index (χ4v) is 2.78. The van der Waals surface area contributed by atoms with Crippen LogP contribution in [0.1, 0.15) is 17.7 Å². The highest BCUT2D eigenvalue weighted by Gasteiger charge is 2.20. The molecule has 0 radical (unpaired) electrons. The topological polar surface area (TPSA) is 56.6 Å². The summed E-state index contributed by atoms with van der Waals surface area (Å²) in [4.78, 5) is 7.00. The molecule has 1 saturated heterocycles. The normalized spacial score (nSPS) is 18.5. The van der Waals surface area contributed by atoms with Gasteiger partial charge in [0.25, 0.3) is 0 Å². The van der Waals surface area contributed by atoms with Crippen LogP contribution in [0.5, 0.6) is 0 Å². The Morgan fingerprint density at radius 3 is 2.67 bits per heavy atom. The van der Waals surface area contributed by atoms with Crippen molar-refractivity contribution in [3.8, 4) is 0 Å². The number of anilines is 1. The van der Waals surface area contributed by atoms with Crippen LogP contribution in [0.4, 0.5) is 5.13 Å². The van der Waals surface area contributed by atoms with Gasteiger partial charge in [-0.2, -0.15) is 0 Å². The standard InChI is InChI=1S/C9H13ClN2O2S/c10-8-7(5-13)15-9(11-8)12-3-1-6(14)2-4-12/h6,13-14H,1-5H2. The zero-order chi connectivity index (χ0) is 10.8. The Labute approximate surface area is 97.1 Å². The second-order valence-electron chi connectivity index (χ2n) is 3.59. The molecule has 1 aliphatic heterocycles. The fraction of sp³-hybridized carbons (Fsp3) is 0.667. The van der Waals surface area contributed by atoms with Gasteiger partial charge >= 0.3 is 0 Å². The molecule has 0 aliphatic carbocycles. The Morgan fingerprint density at radius 2 is 2.13 bits per heavy atom. The molecule has 4 nitrogen and oxygen atoms in total. The molecule has 1 aromatic rings. The summed E-state index contributed by atoms with van der Waals surface area (Å²) in [5.41, 5.74) is 0. The largest absolute Gasteiger partial charge is 0.393 e. The maximum absolute atomic E-state index is 9.37. The van der Waals surface area contributed by atoms with Crippen LogP contribution in [-0.4, -0.2) is 34.4 Å². The lowest BCUT2D eigenvalue weighted by Gasteiger charge is -2.28. The number of hydrogen-bond donors (Lipinski definition) is 2. The van der Waals surface area contributed by atoms with Crippen LogP contribution < -0.4 is 4.90 Å². The third-order valence-electron chi connectivity index (χ3n) is 2.52. The van der Waals surface area contributed by atoms with Crippen LogP contribution in [-0.2, 0) is 6.61 Å². The lowest BCUT2D eigenvalue weighted by atomic mass is 10.1. The molecular formula is C9H13ClN2O2S. The first-order chi connectivity index (χ1) is 7.20. The number of aliphatic hydroxyl groups is 2. The molecule has 0 bridgehead atoms. The summed E-state index contributed by atoms with van der Waals surface area (Å²) in [6, 6.07) is 0. The van der Waals surface area contributed by atoms with Gasteiger partial charge in [-0.15, -0.1) is 0 Å². The predicted molar refractivity (Wildman–Crippen MR) is 60.5 cm³/mol. The highest BCUT2D eigenvalue weighted by molar-refractivity contribution is 7.16. The number of rotatable bonds is 2. The molecule has 0 atom stereocenters. The van der Waals surface area contributed by atoms with Crippen LogP contribution in [0.2, 0.25) is 5.15 Å². The maximum atomic E-state index is 9.37. The number of halogens is 1. The van der Waals surface area contributed by atoms with E-state index in [2.05, 4.69) is 9.88 Å². The monoisotopic (exact) mass is 248 g/mol. The molecule has 1 fully saturated rings. The Balaban J connectivity index is 2.09. The van der Waals surface area contributed by atoms with Crippen LogP contribution in [0.25, 0.3) is 0 Å². The van der Waals surface area contributed by atoms with E-state index in [1.54, 1.807) is 0 Å². The van der Waals surface area contributed by atoms with Gasteiger partial charge in [0, 0.05) is 13.1 Å². The number of piperidine rings is 1. The van der Waals surface area contributed by atoms with E-state index in [0.29, 0.717) is 10.0 Å². The first-order valence-corrected chi connectivity index (χ1v) is 6.09. The van der Waals surface area contributed by atoms with Gasteiger partial charge in [-0.1, -0.05) is 22.9 Å². The van der Waals surface area contributed by atoms with Crippen LogP contribution in [0, 0.1) is 0 Å². The van der Waals surface area contributed by atoms with Crippen molar-refractivity contribution in [3.05, 3.63) is 10.0 Å². The van der Waals surface area contributed by atoms with Crippen LogP contribution in [0.15, 0.2) is 0 Å². The molecule has 15 heavy (non-hydrogen) atoms. The van der Waals surface area contributed by atoms with Gasteiger partial charge in [-0.25, -0.2) is 4.98 Å². The summed E-state index contributed by atoms with van der Waals surface area (Å²) < 4.78 is 0. The van der Waals surface area contributed by atoms with Gasteiger partial charge in [0.15, 0.2) is 5.13 Å². The van der Waals surface area contributed by atoms with Crippen molar-refractivity contribution in [2.24, 2.45) is 0 Å². The number of nitrogens with zero attached hydrogens (tertiary/aromatic N) is 2. The molecule has 2 rings (SSSR count). The number of hydrogen-bond acceptors (Lipinski definition) is 5. The molecule has 0 spiro atoms. The molecule has 1 aromatic heterocycles. The van der Waals surface area contributed by atoms with Gasteiger partial charge in [0.1, 0.15) is 5.15 Å². The molecule has 0 saturated carbocycles. The number of aromatic nitrogens is 1. The van der Waals surface area contributed by atoms with Gasteiger partial charge in [0.2, 0.25) is 0 Å². The average molecular weight is 249 g/mol. The molecule has 84 valence electrons. The lowest BCUT2D eigenvalue weighted by Crippen LogP contribution is -2.35. The van der Waals surface area contributed by atoms with E-state index < -0.39 is 0 Å². The van der Waals surface area contributed by atoms with E-state index in [1.165, 1.54) is 11.3 Å². The van der Waals surface area contributed by atoms with E-state index in [4.69, 9.17) is 16.7 Å². The first-order valence-electron chi connectivity index (χ1n) is 4.89. The lowest BCUT2D eigenvalue weighted by molar-refractivity contribution is 0.145. The highest BCUT2D eigenvalue weighted by atomic mass is 35.5. The summed E-state index contributed by atoms with van der Waals surface area (Å²) in [5, 5.41) is 19.6. The zero-order valence-corrected chi connectivity index (χ0v) is 9.76. The molecule has 1 aliphatic rings. The number of thiazole rings is 1. The Kier molecular flexibility index (Phi) is 3.45. The van der Waals surface area contributed by atoms with Crippen molar-refractivity contribution in [3.63, 3.8) is 0 Å². The fourth-order valence-electron chi connectivity index (χ4n) is 1.61. The minimum atomic E-state index is -0.186. The van der Waals surface area contributed by atoms with Crippen molar-refractivity contribution in [1.29, 1.82) is 0 Å². The van der Waals surface area contributed by atoms with Crippen LogP contribution in [0.3, 0.4) is 0 Å². The van der Waals surface area contributed by atoms with E-state index in [-0.39, 0.29) is 12.7 Å². The van der Waals surface area contributed by atoms with Gasteiger partial charge in [0.05, 0.1) is 17.6 Å². The van der Waals surface area contributed by atoms with Crippen LogP contribution >= 0.6 is 22.9 Å². The van der Waals surface area contributed by atoms with Gasteiger partial charge in [-0.3, -0.25) is 0 Å². The van der Waals surface area contributed by atoms with Gasteiger partial charge < -0.3 is 15.1 Å². The molecule has 2 N–H and O–H groups in total. The summed E-state index contributed by atoms with van der Waals surface area (Å²) in [7, 11) is 0. The smallest absolute Gasteiger partial charge is 0.187 e. The quantitative estimate of drug-likeness (QED) is 0.827. The second kappa shape index (κ2) is 4.65. The minimum absolute atomic E-state index is 0.0625. The van der Waals surface area contributed by atoms with Crippen molar-refractivity contribution in [2.45, 2.75) is 25.6 Å². The molecular weight excluding hydrogens is 236 g/mol. The summed E-state index contributed by atoms with van der Waals surface area (Å²) in [6.45, 7) is 1.54.